The number of rotatable bonds is 6. The number of nitrogens with zero attached hydrogens (tertiary/aromatic N) is 1. The Hall–Kier alpha value is -0.0600. The van der Waals surface area contributed by atoms with E-state index in [2.05, 4.69) is 30.9 Å². The topological polar surface area (TPSA) is 24.9 Å². The predicted octanol–water partition coefficient (Wildman–Crippen LogP) is 3.77. The molecule has 1 aliphatic heterocycles. The van der Waals surface area contributed by atoms with E-state index in [1.165, 1.54) is 40.6 Å². The van der Waals surface area contributed by atoms with Crippen LogP contribution < -0.4 is 5.32 Å². The van der Waals surface area contributed by atoms with Crippen molar-refractivity contribution in [1.29, 1.82) is 0 Å². The molecule has 2 nitrogen and oxygen atoms in total. The van der Waals surface area contributed by atoms with Crippen molar-refractivity contribution in [2.45, 2.75) is 51.3 Å². The van der Waals surface area contributed by atoms with Crippen LogP contribution in [0.25, 0.3) is 0 Å². The summed E-state index contributed by atoms with van der Waals surface area (Å²) >= 11 is 4.03. The highest BCUT2D eigenvalue weighted by atomic mass is 32.2. The van der Waals surface area contributed by atoms with Crippen LogP contribution in [-0.2, 0) is 13.0 Å². The van der Waals surface area contributed by atoms with Crippen LogP contribution in [0.15, 0.2) is 0 Å². The van der Waals surface area contributed by atoms with Crippen molar-refractivity contribution in [2.24, 2.45) is 0 Å². The molecule has 1 saturated heterocycles. The van der Waals surface area contributed by atoms with E-state index in [0.29, 0.717) is 5.25 Å². The lowest BCUT2D eigenvalue weighted by molar-refractivity contribution is 0.722. The Balaban J connectivity index is 2.11. The Bertz CT molecular complexity index is 343. The highest BCUT2D eigenvalue weighted by molar-refractivity contribution is 7.99. The van der Waals surface area contributed by atoms with Gasteiger partial charge < -0.3 is 5.32 Å². The quantitative estimate of drug-likeness (QED) is 0.851. The summed E-state index contributed by atoms with van der Waals surface area (Å²) in [6.07, 6.45) is 5.01. The average Bonchev–Trinajstić information content (AvgIpc) is 2.95. The van der Waals surface area contributed by atoms with Gasteiger partial charge in [0, 0.05) is 11.4 Å². The standard InChI is InChI=1S/C13H22N2S2/c1-3-6-10-12(9-14-4-2)17-13(15-10)11-7-5-8-16-11/h11,14H,3-9H2,1-2H3. The van der Waals surface area contributed by atoms with Crippen molar-refractivity contribution in [3.8, 4) is 0 Å². The Morgan fingerprint density at radius 1 is 1.41 bits per heavy atom. The second-order valence-corrected chi connectivity index (χ2v) is 6.88. The van der Waals surface area contributed by atoms with Crippen LogP contribution >= 0.6 is 23.1 Å². The first kappa shape index (κ1) is 13.4. The van der Waals surface area contributed by atoms with E-state index in [1.54, 1.807) is 0 Å². The molecule has 0 aromatic carbocycles. The molecule has 0 bridgehead atoms. The van der Waals surface area contributed by atoms with Crippen LogP contribution in [0.2, 0.25) is 0 Å². The summed E-state index contributed by atoms with van der Waals surface area (Å²) in [6, 6.07) is 0. The zero-order chi connectivity index (χ0) is 12.1. The van der Waals surface area contributed by atoms with E-state index in [-0.39, 0.29) is 0 Å². The van der Waals surface area contributed by atoms with Gasteiger partial charge in [-0.15, -0.1) is 11.3 Å². The molecule has 0 amide bonds. The lowest BCUT2D eigenvalue weighted by atomic mass is 10.2. The van der Waals surface area contributed by atoms with E-state index in [4.69, 9.17) is 4.98 Å². The molecule has 0 spiro atoms. The molecule has 96 valence electrons. The molecule has 1 atom stereocenters. The third kappa shape index (κ3) is 3.46. The number of thiazole rings is 1. The minimum atomic E-state index is 0.686. The predicted molar refractivity (Wildman–Crippen MR) is 77.9 cm³/mol. The van der Waals surface area contributed by atoms with Gasteiger partial charge in [-0.2, -0.15) is 11.8 Å². The molecule has 4 heteroatoms. The van der Waals surface area contributed by atoms with Crippen LogP contribution in [0.1, 0.15) is 53.9 Å². The van der Waals surface area contributed by atoms with E-state index in [0.717, 1.165) is 19.5 Å². The second kappa shape index (κ2) is 6.76. The molecule has 1 unspecified atom stereocenters. The molecule has 1 aromatic heterocycles. The largest absolute Gasteiger partial charge is 0.312 e. The lowest BCUT2D eigenvalue weighted by Gasteiger charge is -2.01. The minimum Gasteiger partial charge on any atom is -0.312 e. The van der Waals surface area contributed by atoms with E-state index in [9.17, 15) is 0 Å². The Labute approximate surface area is 113 Å². The normalized spacial score (nSPS) is 20.0. The van der Waals surface area contributed by atoms with Gasteiger partial charge in [0.25, 0.3) is 0 Å². The van der Waals surface area contributed by atoms with E-state index < -0.39 is 0 Å². The maximum Gasteiger partial charge on any atom is 0.106 e. The van der Waals surface area contributed by atoms with Crippen molar-refractivity contribution in [3.63, 3.8) is 0 Å². The summed E-state index contributed by atoms with van der Waals surface area (Å²) in [4.78, 5) is 6.36. The summed E-state index contributed by atoms with van der Waals surface area (Å²) < 4.78 is 0. The average molecular weight is 270 g/mol. The van der Waals surface area contributed by atoms with Crippen LogP contribution in [0.5, 0.6) is 0 Å². The summed E-state index contributed by atoms with van der Waals surface area (Å²) in [6.45, 7) is 6.44. The Morgan fingerprint density at radius 3 is 2.94 bits per heavy atom. The van der Waals surface area contributed by atoms with Gasteiger partial charge in [-0.3, -0.25) is 0 Å². The van der Waals surface area contributed by atoms with Crippen molar-refractivity contribution >= 4 is 23.1 Å². The van der Waals surface area contributed by atoms with Gasteiger partial charge in [0.1, 0.15) is 5.01 Å². The summed E-state index contributed by atoms with van der Waals surface area (Å²) in [5.74, 6) is 1.32. The molecule has 0 saturated carbocycles. The van der Waals surface area contributed by atoms with Crippen molar-refractivity contribution in [3.05, 3.63) is 15.6 Å². The maximum absolute atomic E-state index is 4.89. The number of aryl methyl sites for hydroxylation is 1. The number of hydrogen-bond acceptors (Lipinski definition) is 4. The molecular formula is C13H22N2S2. The highest BCUT2D eigenvalue weighted by Crippen LogP contribution is 2.42. The first-order valence-corrected chi connectivity index (χ1v) is 8.52. The fraction of sp³-hybridized carbons (Fsp3) is 0.769. The van der Waals surface area contributed by atoms with Gasteiger partial charge in [-0.25, -0.2) is 4.98 Å². The summed E-state index contributed by atoms with van der Waals surface area (Å²) in [5, 5.41) is 5.50. The molecule has 1 fully saturated rings. The van der Waals surface area contributed by atoms with Crippen LogP contribution in [0.3, 0.4) is 0 Å². The molecule has 2 heterocycles. The lowest BCUT2D eigenvalue weighted by Crippen LogP contribution is -2.11. The van der Waals surface area contributed by atoms with Gasteiger partial charge in [-0.05, 0) is 31.6 Å². The van der Waals surface area contributed by atoms with Gasteiger partial charge in [0.05, 0.1) is 10.9 Å². The number of nitrogens with one attached hydrogen (secondary N) is 1. The van der Waals surface area contributed by atoms with Gasteiger partial charge in [0.15, 0.2) is 0 Å². The number of hydrogen-bond donors (Lipinski definition) is 1. The smallest absolute Gasteiger partial charge is 0.106 e. The highest BCUT2D eigenvalue weighted by Gasteiger charge is 2.22. The number of aromatic nitrogens is 1. The molecular weight excluding hydrogens is 248 g/mol. The summed E-state index contributed by atoms with van der Waals surface area (Å²) in [7, 11) is 0. The zero-order valence-corrected chi connectivity index (χ0v) is 12.4. The first-order valence-electron chi connectivity index (χ1n) is 6.66. The molecule has 0 aliphatic carbocycles. The molecule has 17 heavy (non-hydrogen) atoms. The van der Waals surface area contributed by atoms with Crippen molar-refractivity contribution < 1.29 is 0 Å². The van der Waals surface area contributed by atoms with Crippen molar-refractivity contribution in [2.75, 3.05) is 12.3 Å². The zero-order valence-electron chi connectivity index (χ0n) is 10.8. The second-order valence-electron chi connectivity index (χ2n) is 4.45. The van der Waals surface area contributed by atoms with E-state index in [1.807, 2.05) is 11.3 Å². The molecule has 1 aliphatic rings. The molecule has 1 N–H and O–H groups in total. The maximum atomic E-state index is 4.89. The van der Waals surface area contributed by atoms with Gasteiger partial charge in [-0.1, -0.05) is 20.3 Å². The molecule has 1 aromatic rings. The minimum absolute atomic E-state index is 0.686. The van der Waals surface area contributed by atoms with Crippen LogP contribution in [0, 0.1) is 0 Å². The third-order valence-electron chi connectivity index (χ3n) is 3.02. The van der Waals surface area contributed by atoms with Crippen LogP contribution in [-0.4, -0.2) is 17.3 Å². The Morgan fingerprint density at radius 2 is 2.29 bits per heavy atom. The third-order valence-corrected chi connectivity index (χ3v) is 5.77. The van der Waals surface area contributed by atoms with Crippen LogP contribution in [0.4, 0.5) is 0 Å². The summed E-state index contributed by atoms with van der Waals surface area (Å²) in [5.41, 5.74) is 1.35. The molecule has 0 radical (unpaired) electrons. The van der Waals surface area contributed by atoms with E-state index >= 15 is 0 Å². The Kier molecular flexibility index (Phi) is 5.32. The van der Waals surface area contributed by atoms with Gasteiger partial charge in [0.2, 0.25) is 0 Å². The fourth-order valence-corrected chi connectivity index (χ4v) is 4.71. The SMILES string of the molecule is CCCc1nc(C2CCCS2)sc1CNCC. The van der Waals surface area contributed by atoms with Gasteiger partial charge >= 0.3 is 0 Å². The monoisotopic (exact) mass is 270 g/mol. The first-order chi connectivity index (χ1) is 8.35. The van der Waals surface area contributed by atoms with Crippen molar-refractivity contribution in [1.82, 2.24) is 10.3 Å². The fourth-order valence-electron chi connectivity index (χ4n) is 2.12. The molecule has 2 rings (SSSR count). The number of thioether (sulfide) groups is 1.